The second kappa shape index (κ2) is 8.43. The molecule has 0 unspecified atom stereocenters. The minimum atomic E-state index is -0.252. The van der Waals surface area contributed by atoms with Crippen LogP contribution in [0.1, 0.15) is 23.2 Å². The monoisotopic (exact) mass is 374 g/mol. The Morgan fingerprint density at radius 3 is 2.42 bits per heavy atom. The van der Waals surface area contributed by atoms with Crippen molar-refractivity contribution in [2.45, 2.75) is 18.9 Å². The van der Waals surface area contributed by atoms with Crippen molar-refractivity contribution in [3.8, 4) is 5.75 Å². The maximum atomic E-state index is 12.5. The fourth-order valence-corrected chi connectivity index (χ4v) is 3.33. The van der Waals surface area contributed by atoms with Gasteiger partial charge in [0.1, 0.15) is 5.75 Å². The third-order valence-corrected chi connectivity index (χ3v) is 4.91. The van der Waals surface area contributed by atoms with Crippen molar-refractivity contribution in [3.05, 3.63) is 53.1 Å². The Balaban J connectivity index is 1.66. The number of amides is 1. The van der Waals surface area contributed by atoms with E-state index in [1.807, 2.05) is 24.3 Å². The maximum Gasteiger partial charge on any atom is 0.259 e. The molecule has 0 spiro atoms. The fraction of sp³-hybridized carbons (Fsp3) is 0.350. The lowest BCUT2D eigenvalue weighted by molar-refractivity contribution is 0.0819. The van der Waals surface area contributed by atoms with Gasteiger partial charge in [-0.3, -0.25) is 4.79 Å². The summed E-state index contributed by atoms with van der Waals surface area (Å²) in [6.07, 6.45) is 2.42. The van der Waals surface area contributed by atoms with Crippen molar-refractivity contribution in [2.75, 3.05) is 37.5 Å². The number of nitrogens with zero attached hydrogens (tertiary/aromatic N) is 1. The summed E-state index contributed by atoms with van der Waals surface area (Å²) in [6.45, 7) is 1.95. The Kier molecular flexibility index (Phi) is 6.01. The molecule has 0 atom stereocenters. The molecule has 1 amide bonds. The lowest BCUT2D eigenvalue weighted by atomic mass is 10.1. The molecule has 1 saturated heterocycles. The van der Waals surface area contributed by atoms with Gasteiger partial charge in [0.2, 0.25) is 0 Å². The second-order valence-electron chi connectivity index (χ2n) is 6.27. The number of ether oxygens (including phenoxy) is 2. The highest BCUT2D eigenvalue weighted by molar-refractivity contribution is 6.31. The van der Waals surface area contributed by atoms with E-state index in [-0.39, 0.29) is 5.91 Å². The average molecular weight is 375 g/mol. The van der Waals surface area contributed by atoms with Gasteiger partial charge in [-0.1, -0.05) is 11.6 Å². The lowest BCUT2D eigenvalue weighted by Gasteiger charge is -2.33. The number of carbonyl (C=O) groups is 1. The first-order valence-corrected chi connectivity index (χ1v) is 9.01. The first-order valence-electron chi connectivity index (χ1n) is 8.63. The summed E-state index contributed by atoms with van der Waals surface area (Å²) >= 11 is 6.00. The number of anilines is 2. The molecule has 138 valence electrons. The molecular formula is C20H23ClN2O3. The standard InChI is InChI=1S/C20H23ClN2O3/c1-25-17-9-11-23(12-10-17)16-6-4-15(5-7-16)22-20(24)18-13-14(21)3-8-19(18)26-2/h3-8,13,17H,9-12H2,1-2H3,(H,22,24). The van der Waals surface area contributed by atoms with Gasteiger partial charge < -0.3 is 19.7 Å². The number of hydrogen-bond acceptors (Lipinski definition) is 4. The number of hydrogen-bond donors (Lipinski definition) is 1. The van der Waals surface area contributed by atoms with Gasteiger partial charge in [-0.15, -0.1) is 0 Å². The molecule has 1 N–H and O–H groups in total. The first kappa shape index (κ1) is 18.5. The van der Waals surface area contributed by atoms with E-state index in [4.69, 9.17) is 21.1 Å². The Labute approximate surface area is 158 Å². The molecule has 2 aromatic carbocycles. The molecule has 5 nitrogen and oxygen atoms in total. The number of carbonyl (C=O) groups excluding carboxylic acids is 1. The smallest absolute Gasteiger partial charge is 0.259 e. The largest absolute Gasteiger partial charge is 0.496 e. The van der Waals surface area contributed by atoms with Crippen LogP contribution in [-0.2, 0) is 4.74 Å². The van der Waals surface area contributed by atoms with Crippen molar-refractivity contribution in [1.82, 2.24) is 0 Å². The predicted octanol–water partition coefficient (Wildman–Crippen LogP) is 4.22. The minimum absolute atomic E-state index is 0.252. The van der Waals surface area contributed by atoms with E-state index in [9.17, 15) is 4.79 Å². The summed E-state index contributed by atoms with van der Waals surface area (Å²) in [5.74, 6) is 0.238. The molecule has 0 saturated carbocycles. The molecule has 2 aromatic rings. The average Bonchev–Trinajstić information content (AvgIpc) is 2.68. The molecule has 1 aliphatic heterocycles. The van der Waals surface area contributed by atoms with Gasteiger partial charge in [0, 0.05) is 36.6 Å². The van der Waals surface area contributed by atoms with Crippen LogP contribution in [0.4, 0.5) is 11.4 Å². The van der Waals surface area contributed by atoms with E-state index >= 15 is 0 Å². The fourth-order valence-electron chi connectivity index (χ4n) is 3.16. The van der Waals surface area contributed by atoms with Crippen molar-refractivity contribution in [1.29, 1.82) is 0 Å². The van der Waals surface area contributed by atoms with Crippen LogP contribution in [-0.4, -0.2) is 39.3 Å². The quantitative estimate of drug-likeness (QED) is 0.851. The zero-order chi connectivity index (χ0) is 18.5. The Bertz CT molecular complexity index is 756. The predicted molar refractivity (Wildman–Crippen MR) is 105 cm³/mol. The molecule has 1 fully saturated rings. The molecule has 1 heterocycles. The van der Waals surface area contributed by atoms with Crippen LogP contribution in [0.15, 0.2) is 42.5 Å². The van der Waals surface area contributed by atoms with E-state index < -0.39 is 0 Å². The van der Waals surface area contributed by atoms with Crippen molar-refractivity contribution in [2.24, 2.45) is 0 Å². The molecule has 0 radical (unpaired) electrons. The summed E-state index contributed by atoms with van der Waals surface area (Å²) in [6, 6.07) is 12.8. The zero-order valence-electron chi connectivity index (χ0n) is 15.0. The van der Waals surface area contributed by atoms with E-state index in [1.165, 1.54) is 7.11 Å². The van der Waals surface area contributed by atoms with Gasteiger partial charge in [0.15, 0.2) is 0 Å². The second-order valence-corrected chi connectivity index (χ2v) is 6.70. The van der Waals surface area contributed by atoms with Crippen LogP contribution in [0.5, 0.6) is 5.75 Å². The molecule has 0 aliphatic carbocycles. The summed E-state index contributed by atoms with van der Waals surface area (Å²) in [5.41, 5.74) is 2.29. The highest BCUT2D eigenvalue weighted by Gasteiger charge is 2.19. The van der Waals surface area contributed by atoms with E-state index in [0.717, 1.165) is 37.3 Å². The van der Waals surface area contributed by atoms with E-state index in [2.05, 4.69) is 10.2 Å². The van der Waals surface area contributed by atoms with Crippen LogP contribution in [0.3, 0.4) is 0 Å². The Morgan fingerprint density at radius 1 is 1.12 bits per heavy atom. The highest BCUT2D eigenvalue weighted by Crippen LogP contribution is 2.25. The summed E-state index contributed by atoms with van der Waals surface area (Å²) in [4.78, 5) is 14.9. The molecular weight excluding hydrogens is 352 g/mol. The van der Waals surface area contributed by atoms with Gasteiger partial charge >= 0.3 is 0 Å². The van der Waals surface area contributed by atoms with E-state index in [0.29, 0.717) is 22.4 Å². The van der Waals surface area contributed by atoms with Gasteiger partial charge in [0.05, 0.1) is 18.8 Å². The number of halogens is 1. The number of nitrogens with one attached hydrogen (secondary N) is 1. The lowest BCUT2D eigenvalue weighted by Crippen LogP contribution is -2.36. The summed E-state index contributed by atoms with van der Waals surface area (Å²) in [5, 5.41) is 3.38. The topological polar surface area (TPSA) is 50.8 Å². The number of methoxy groups -OCH3 is 2. The van der Waals surface area contributed by atoms with Crippen molar-refractivity contribution in [3.63, 3.8) is 0 Å². The number of piperidine rings is 1. The highest BCUT2D eigenvalue weighted by atomic mass is 35.5. The van der Waals surface area contributed by atoms with Crippen molar-refractivity contribution >= 4 is 28.9 Å². The van der Waals surface area contributed by atoms with Gasteiger partial charge in [0.25, 0.3) is 5.91 Å². The van der Waals surface area contributed by atoms with E-state index in [1.54, 1.807) is 25.3 Å². The van der Waals surface area contributed by atoms with Gasteiger partial charge in [-0.2, -0.15) is 0 Å². The van der Waals surface area contributed by atoms with Crippen molar-refractivity contribution < 1.29 is 14.3 Å². The molecule has 1 aliphatic rings. The third-order valence-electron chi connectivity index (χ3n) is 4.67. The van der Waals surface area contributed by atoms with Gasteiger partial charge in [-0.25, -0.2) is 0 Å². The molecule has 0 bridgehead atoms. The normalized spacial score (nSPS) is 15.0. The summed E-state index contributed by atoms with van der Waals surface area (Å²) < 4.78 is 10.7. The number of rotatable bonds is 5. The zero-order valence-corrected chi connectivity index (χ0v) is 15.8. The number of benzene rings is 2. The summed E-state index contributed by atoms with van der Waals surface area (Å²) in [7, 11) is 3.30. The van der Waals surface area contributed by atoms with Crippen LogP contribution in [0.2, 0.25) is 5.02 Å². The SMILES string of the molecule is COc1ccc(Cl)cc1C(=O)Nc1ccc(N2CCC(OC)CC2)cc1. The van der Waals surface area contributed by atoms with Crippen LogP contribution in [0.25, 0.3) is 0 Å². The molecule has 3 rings (SSSR count). The van der Waals surface area contributed by atoms with Crippen LogP contribution >= 0.6 is 11.6 Å². The molecule has 0 aromatic heterocycles. The Morgan fingerprint density at radius 2 is 1.81 bits per heavy atom. The Hall–Kier alpha value is -2.24. The first-order chi connectivity index (χ1) is 12.6. The van der Waals surface area contributed by atoms with Gasteiger partial charge in [-0.05, 0) is 55.3 Å². The van der Waals surface area contributed by atoms with Crippen LogP contribution < -0.4 is 15.0 Å². The van der Waals surface area contributed by atoms with Crippen LogP contribution in [0, 0.1) is 0 Å². The third kappa shape index (κ3) is 4.29. The minimum Gasteiger partial charge on any atom is -0.496 e. The maximum absolute atomic E-state index is 12.5. The molecule has 26 heavy (non-hydrogen) atoms. The molecule has 6 heteroatoms.